The first-order valence-corrected chi connectivity index (χ1v) is 7.70. The van der Waals surface area contributed by atoms with Crippen molar-refractivity contribution in [1.82, 2.24) is 0 Å². The summed E-state index contributed by atoms with van der Waals surface area (Å²) < 4.78 is 17.3. The van der Waals surface area contributed by atoms with Crippen molar-refractivity contribution in [2.75, 3.05) is 27.2 Å². The number of rotatable bonds is 12. The lowest BCUT2D eigenvalue weighted by Gasteiger charge is -2.18. The van der Waals surface area contributed by atoms with Gasteiger partial charge in [0.05, 0.1) is 0 Å². The second-order valence-electron chi connectivity index (χ2n) is 4.70. The summed E-state index contributed by atoms with van der Waals surface area (Å²) in [6.45, 7) is -3.64. The van der Waals surface area contributed by atoms with E-state index in [4.69, 9.17) is 20.4 Å². The zero-order chi connectivity index (χ0) is 22.1. The van der Waals surface area contributed by atoms with Gasteiger partial charge in [0.1, 0.15) is 0 Å². The molecule has 0 aromatic carbocycles. The number of hydrogen-bond donors (Lipinski definition) is 4. The second kappa shape index (κ2) is 14.7. The first-order chi connectivity index (χ1) is 13.8. The van der Waals surface area contributed by atoms with Gasteiger partial charge in [-0.3, -0.25) is 0 Å². The van der Waals surface area contributed by atoms with Crippen molar-refractivity contribution in [3.8, 4) is 0 Å². The predicted octanol–water partition coefficient (Wildman–Crippen LogP) is -1.83. The number of aliphatic hydroxyl groups excluding tert-OH is 4. The van der Waals surface area contributed by atoms with Crippen molar-refractivity contribution in [2.24, 2.45) is 5.41 Å². The molecule has 12 heteroatoms. The Bertz CT molecular complexity index is 556. The molecule has 0 fully saturated rings. The van der Waals surface area contributed by atoms with Gasteiger partial charge < -0.3 is 39.4 Å². The van der Waals surface area contributed by atoms with Gasteiger partial charge in [-0.05, 0) is 0 Å². The molecule has 0 spiro atoms. The minimum absolute atomic E-state index is 0.821. The molecule has 0 atom stereocenters. The Morgan fingerprint density at radius 2 is 0.724 bits per heavy atom. The molecule has 0 heterocycles. The van der Waals surface area contributed by atoms with E-state index in [1.807, 2.05) is 0 Å². The summed E-state index contributed by atoms with van der Waals surface area (Å²) in [5.74, 6) is -4.00. The number of esters is 4. The van der Waals surface area contributed by atoms with Gasteiger partial charge >= 0.3 is 23.9 Å². The monoisotopic (exact) mass is 416 g/mol. The minimum atomic E-state index is -1.63. The molecular weight excluding hydrogens is 396 g/mol. The molecule has 0 saturated heterocycles. The minimum Gasteiger partial charge on any atom is -0.436 e. The number of allylic oxidation sites excluding steroid dienone is 4. The first kappa shape index (κ1) is 25.7. The Hall–Kier alpha value is -3.32. The van der Waals surface area contributed by atoms with Crippen LogP contribution in [0.15, 0.2) is 48.6 Å². The van der Waals surface area contributed by atoms with Crippen LogP contribution >= 0.6 is 0 Å². The number of carbonyl (C=O) groups is 4. The number of aliphatic hydroxyl groups is 4. The molecule has 0 saturated carbocycles. The largest absolute Gasteiger partial charge is 0.436 e. The molecule has 0 bridgehead atoms. The summed E-state index contributed by atoms with van der Waals surface area (Å²) >= 11 is 0. The molecule has 0 aliphatic carbocycles. The van der Waals surface area contributed by atoms with E-state index in [1.165, 1.54) is 0 Å². The maximum absolute atomic E-state index is 11.5. The highest BCUT2D eigenvalue weighted by atomic mass is 16.6. The molecule has 29 heavy (non-hydrogen) atoms. The van der Waals surface area contributed by atoms with E-state index in [0.29, 0.717) is 0 Å². The zero-order valence-electron chi connectivity index (χ0n) is 15.0. The third-order valence-electron chi connectivity index (χ3n) is 2.86. The maximum atomic E-state index is 11.5. The average Bonchev–Trinajstić information content (AvgIpc) is 2.68. The first-order valence-electron chi connectivity index (χ1n) is 7.70. The summed E-state index contributed by atoms with van der Waals surface area (Å²) in [5, 5.41) is 34.4. The third kappa shape index (κ3) is 11.9. The van der Waals surface area contributed by atoms with Crippen molar-refractivity contribution in [3.05, 3.63) is 48.6 Å². The Labute approximate surface area is 164 Å². The van der Waals surface area contributed by atoms with Crippen LogP contribution in [0.5, 0.6) is 0 Å². The van der Waals surface area contributed by atoms with Gasteiger partial charge in [-0.2, -0.15) is 0 Å². The Balaban J connectivity index is 6.12. The lowest BCUT2D eigenvalue weighted by Crippen LogP contribution is -2.14. The van der Waals surface area contributed by atoms with Crippen molar-refractivity contribution in [1.29, 1.82) is 0 Å². The molecular formula is C17H20O12. The van der Waals surface area contributed by atoms with Crippen molar-refractivity contribution in [2.45, 2.75) is 0 Å². The molecule has 0 amide bonds. The van der Waals surface area contributed by atoms with Crippen LogP contribution in [0, 0.1) is 5.41 Å². The van der Waals surface area contributed by atoms with E-state index in [1.54, 1.807) is 0 Å². The van der Waals surface area contributed by atoms with E-state index in [2.05, 4.69) is 18.9 Å². The molecule has 0 rings (SSSR count). The summed E-state index contributed by atoms with van der Waals surface area (Å²) in [6, 6.07) is 0. The molecule has 0 radical (unpaired) electrons. The molecule has 4 N–H and O–H groups in total. The van der Waals surface area contributed by atoms with E-state index in [-0.39, 0.29) is 0 Å². The van der Waals surface area contributed by atoms with E-state index >= 15 is 0 Å². The van der Waals surface area contributed by atoms with Crippen molar-refractivity contribution >= 4 is 23.9 Å². The van der Waals surface area contributed by atoms with Gasteiger partial charge in [-0.15, -0.1) is 0 Å². The van der Waals surface area contributed by atoms with Gasteiger partial charge in [0.25, 0.3) is 0 Å². The topological polar surface area (TPSA) is 186 Å². The third-order valence-corrected chi connectivity index (χ3v) is 2.86. The zero-order valence-corrected chi connectivity index (χ0v) is 15.0. The normalized spacial score (nSPS) is 13.7. The highest BCUT2D eigenvalue weighted by molar-refractivity contribution is 5.86. The summed E-state index contributed by atoms with van der Waals surface area (Å²) in [7, 11) is 0. The molecule has 0 aromatic heterocycles. The SMILES string of the molecule is O=C(C=CC(C=CC(=O)OCO)(C=CC(=O)OCO)C=CC(=O)OCO)OCO. The van der Waals surface area contributed by atoms with Crippen LogP contribution in [0.3, 0.4) is 0 Å². The molecule has 12 nitrogen and oxygen atoms in total. The molecule has 160 valence electrons. The van der Waals surface area contributed by atoms with Crippen LogP contribution in [0.4, 0.5) is 0 Å². The van der Waals surface area contributed by atoms with E-state index < -0.39 is 56.5 Å². The molecule has 0 aliphatic heterocycles. The van der Waals surface area contributed by atoms with E-state index in [0.717, 1.165) is 48.6 Å². The summed E-state index contributed by atoms with van der Waals surface area (Å²) in [5.41, 5.74) is -1.63. The van der Waals surface area contributed by atoms with Crippen LogP contribution in [0.25, 0.3) is 0 Å². The fourth-order valence-corrected chi connectivity index (χ4v) is 1.63. The predicted molar refractivity (Wildman–Crippen MR) is 91.7 cm³/mol. The lowest BCUT2D eigenvalue weighted by atomic mass is 9.85. The van der Waals surface area contributed by atoms with Gasteiger partial charge in [-0.1, -0.05) is 24.3 Å². The molecule has 0 aromatic rings. The quantitative estimate of drug-likeness (QED) is 0.121. The fourth-order valence-electron chi connectivity index (χ4n) is 1.63. The van der Waals surface area contributed by atoms with Gasteiger partial charge in [0.15, 0.2) is 27.2 Å². The Kier molecular flexibility index (Phi) is 13.0. The van der Waals surface area contributed by atoms with Crippen molar-refractivity contribution in [3.63, 3.8) is 0 Å². The van der Waals surface area contributed by atoms with Crippen LogP contribution in [0.2, 0.25) is 0 Å². The highest BCUT2D eigenvalue weighted by Crippen LogP contribution is 2.26. The summed E-state index contributed by atoms with van der Waals surface area (Å²) in [4.78, 5) is 46.0. The lowest BCUT2D eigenvalue weighted by molar-refractivity contribution is -0.146. The van der Waals surface area contributed by atoms with Crippen LogP contribution in [0.1, 0.15) is 0 Å². The van der Waals surface area contributed by atoms with Gasteiger partial charge in [-0.25, -0.2) is 19.2 Å². The van der Waals surface area contributed by atoms with Crippen LogP contribution < -0.4 is 0 Å². The number of ether oxygens (including phenoxy) is 4. The highest BCUT2D eigenvalue weighted by Gasteiger charge is 2.20. The standard InChI is InChI=1S/C17H20O12/c18-9-26-13(22)1-5-17(6-2-14(23)27-10-19,7-3-15(24)28-11-20)8-4-16(25)29-12-21/h1-8,18-21H,9-12H2. The summed E-state index contributed by atoms with van der Waals surface area (Å²) in [6.07, 6.45) is 7.56. The molecule has 0 aliphatic rings. The number of hydrogen-bond acceptors (Lipinski definition) is 12. The van der Waals surface area contributed by atoms with Crippen LogP contribution in [-0.4, -0.2) is 71.5 Å². The van der Waals surface area contributed by atoms with Gasteiger partial charge in [0.2, 0.25) is 0 Å². The fraction of sp³-hybridized carbons (Fsp3) is 0.294. The average molecular weight is 416 g/mol. The Morgan fingerprint density at radius 1 is 0.517 bits per heavy atom. The smallest absolute Gasteiger partial charge is 0.332 e. The number of carbonyl (C=O) groups excluding carboxylic acids is 4. The second-order valence-corrected chi connectivity index (χ2v) is 4.70. The van der Waals surface area contributed by atoms with Crippen LogP contribution in [-0.2, 0) is 38.1 Å². The van der Waals surface area contributed by atoms with E-state index in [9.17, 15) is 19.2 Å². The van der Waals surface area contributed by atoms with Gasteiger partial charge in [0, 0.05) is 29.7 Å². The van der Waals surface area contributed by atoms with Crippen molar-refractivity contribution < 1.29 is 58.6 Å². The molecule has 0 unspecified atom stereocenters. The maximum Gasteiger partial charge on any atom is 0.332 e. The Morgan fingerprint density at radius 3 is 0.897 bits per heavy atom.